The fourth-order valence-corrected chi connectivity index (χ4v) is 3.87. The Morgan fingerprint density at radius 1 is 1.37 bits per heavy atom. The lowest BCUT2D eigenvalue weighted by molar-refractivity contribution is -0.120. The van der Waals surface area contributed by atoms with Crippen LogP contribution in [0.3, 0.4) is 0 Å². The smallest absolute Gasteiger partial charge is 0.239 e. The second-order valence-electron chi connectivity index (χ2n) is 5.71. The number of rotatable bonds is 8. The van der Waals surface area contributed by atoms with Crippen LogP contribution in [0.5, 0.6) is 5.75 Å². The van der Waals surface area contributed by atoms with Crippen LogP contribution in [-0.4, -0.2) is 32.6 Å². The molecule has 7 nitrogen and oxygen atoms in total. The molecule has 1 amide bonds. The number of carbonyl (C=O) groups excluding carboxylic acids is 1. The second kappa shape index (κ2) is 8.92. The molecule has 142 valence electrons. The molecule has 3 rings (SSSR count). The van der Waals surface area contributed by atoms with E-state index in [4.69, 9.17) is 9.26 Å². The van der Waals surface area contributed by atoms with E-state index in [2.05, 4.69) is 15.5 Å². The number of methoxy groups -OCH3 is 1. The lowest BCUT2D eigenvalue weighted by atomic mass is 10.2. The van der Waals surface area contributed by atoms with Gasteiger partial charge in [0.05, 0.1) is 13.7 Å². The first-order valence-electron chi connectivity index (χ1n) is 8.21. The van der Waals surface area contributed by atoms with Crippen LogP contribution in [-0.2, 0) is 27.9 Å². The van der Waals surface area contributed by atoms with E-state index in [-0.39, 0.29) is 17.6 Å². The minimum Gasteiger partial charge on any atom is -0.497 e. The molecule has 1 N–H and O–H groups in total. The fraction of sp³-hybridized carbons (Fsp3) is 0.278. The van der Waals surface area contributed by atoms with Crippen molar-refractivity contribution in [1.29, 1.82) is 0 Å². The SMILES string of the molecule is COc1cccc(-c2noc(CS(=O)C(C)C(=O)NCc3cccs3)n2)c1. The van der Waals surface area contributed by atoms with Crippen molar-refractivity contribution in [3.8, 4) is 17.1 Å². The van der Waals surface area contributed by atoms with Crippen molar-refractivity contribution in [3.05, 3.63) is 52.5 Å². The Morgan fingerprint density at radius 3 is 2.96 bits per heavy atom. The molecule has 0 saturated carbocycles. The molecule has 0 bridgehead atoms. The normalized spacial score (nSPS) is 13.1. The van der Waals surface area contributed by atoms with Gasteiger partial charge in [0.25, 0.3) is 0 Å². The van der Waals surface area contributed by atoms with Gasteiger partial charge >= 0.3 is 0 Å². The first-order chi connectivity index (χ1) is 13.1. The summed E-state index contributed by atoms with van der Waals surface area (Å²) in [6.45, 7) is 2.05. The molecule has 0 radical (unpaired) electrons. The molecule has 0 spiro atoms. The molecular weight excluding hydrogens is 386 g/mol. The standard InChI is InChI=1S/C18H19N3O4S2/c1-12(18(22)19-10-15-7-4-8-26-15)27(23)11-16-20-17(21-25-16)13-5-3-6-14(9-13)24-2/h3-9,12H,10-11H2,1-2H3,(H,19,22). The maximum absolute atomic E-state index is 12.5. The quantitative estimate of drug-likeness (QED) is 0.619. The molecule has 0 aliphatic rings. The summed E-state index contributed by atoms with van der Waals surface area (Å²) in [5, 5.41) is 7.97. The zero-order valence-electron chi connectivity index (χ0n) is 14.9. The number of amides is 1. The highest BCUT2D eigenvalue weighted by Gasteiger charge is 2.22. The Labute approximate surface area is 163 Å². The van der Waals surface area contributed by atoms with Crippen molar-refractivity contribution in [2.75, 3.05) is 7.11 Å². The first kappa shape index (κ1) is 19.2. The molecule has 0 aliphatic carbocycles. The molecular formula is C18H19N3O4S2. The van der Waals surface area contributed by atoms with E-state index in [0.717, 1.165) is 10.4 Å². The maximum Gasteiger partial charge on any atom is 0.239 e. The average molecular weight is 406 g/mol. The van der Waals surface area contributed by atoms with Gasteiger partial charge in [-0.1, -0.05) is 23.4 Å². The van der Waals surface area contributed by atoms with Gasteiger partial charge in [-0.3, -0.25) is 9.00 Å². The number of carbonyl (C=O) groups is 1. The molecule has 9 heteroatoms. The predicted octanol–water partition coefficient (Wildman–Crippen LogP) is 2.76. The Morgan fingerprint density at radius 2 is 2.22 bits per heavy atom. The summed E-state index contributed by atoms with van der Waals surface area (Å²) < 4.78 is 22.8. The monoisotopic (exact) mass is 405 g/mol. The van der Waals surface area contributed by atoms with E-state index in [0.29, 0.717) is 18.1 Å². The summed E-state index contributed by atoms with van der Waals surface area (Å²) in [5.41, 5.74) is 0.733. The third kappa shape index (κ3) is 5.01. The highest BCUT2D eigenvalue weighted by atomic mass is 32.2. The topological polar surface area (TPSA) is 94.3 Å². The molecule has 0 fully saturated rings. The molecule has 2 unspecified atom stereocenters. The Balaban J connectivity index is 1.58. The molecule has 0 aliphatic heterocycles. The number of nitrogens with one attached hydrogen (secondary N) is 1. The number of benzene rings is 1. The Hall–Kier alpha value is -2.52. The minimum absolute atomic E-state index is 0.0184. The van der Waals surface area contributed by atoms with Crippen molar-refractivity contribution in [3.63, 3.8) is 0 Å². The average Bonchev–Trinajstić information content (AvgIpc) is 3.37. The van der Waals surface area contributed by atoms with Crippen LogP contribution in [0, 0.1) is 0 Å². The number of thiophene rings is 1. The van der Waals surface area contributed by atoms with Crippen LogP contribution in [0.1, 0.15) is 17.7 Å². The van der Waals surface area contributed by atoms with Crippen molar-refractivity contribution in [2.24, 2.45) is 0 Å². The van der Waals surface area contributed by atoms with Crippen molar-refractivity contribution in [2.45, 2.75) is 24.5 Å². The van der Waals surface area contributed by atoms with E-state index < -0.39 is 16.0 Å². The summed E-state index contributed by atoms with van der Waals surface area (Å²) in [6.07, 6.45) is 0. The number of hydrogen-bond acceptors (Lipinski definition) is 7. The van der Waals surface area contributed by atoms with E-state index in [1.807, 2.05) is 35.7 Å². The predicted molar refractivity (Wildman–Crippen MR) is 104 cm³/mol. The van der Waals surface area contributed by atoms with Gasteiger partial charge < -0.3 is 14.6 Å². The largest absolute Gasteiger partial charge is 0.497 e. The van der Waals surface area contributed by atoms with Gasteiger partial charge in [0.15, 0.2) is 0 Å². The van der Waals surface area contributed by atoms with Crippen molar-refractivity contribution < 1.29 is 18.3 Å². The van der Waals surface area contributed by atoms with Gasteiger partial charge in [-0.15, -0.1) is 11.3 Å². The molecule has 3 aromatic rings. The van der Waals surface area contributed by atoms with Crippen LogP contribution in [0.4, 0.5) is 0 Å². The van der Waals surface area contributed by atoms with E-state index in [9.17, 15) is 9.00 Å². The van der Waals surface area contributed by atoms with Gasteiger partial charge in [-0.05, 0) is 30.5 Å². The van der Waals surface area contributed by atoms with Crippen LogP contribution < -0.4 is 10.1 Å². The highest BCUT2D eigenvalue weighted by Crippen LogP contribution is 2.21. The van der Waals surface area contributed by atoms with Crippen LogP contribution in [0.25, 0.3) is 11.4 Å². The van der Waals surface area contributed by atoms with Crippen LogP contribution in [0.15, 0.2) is 46.3 Å². The fourth-order valence-electron chi connectivity index (χ4n) is 2.29. The Kier molecular flexibility index (Phi) is 6.36. The van der Waals surface area contributed by atoms with Crippen LogP contribution >= 0.6 is 11.3 Å². The summed E-state index contributed by atoms with van der Waals surface area (Å²) in [6, 6.07) is 11.1. The van der Waals surface area contributed by atoms with E-state index in [1.165, 1.54) is 0 Å². The third-order valence-corrected chi connectivity index (χ3v) is 6.25. The molecule has 2 aromatic heterocycles. The number of aromatic nitrogens is 2. The van der Waals surface area contributed by atoms with Crippen LogP contribution in [0.2, 0.25) is 0 Å². The van der Waals surface area contributed by atoms with Gasteiger partial charge in [0.1, 0.15) is 16.8 Å². The van der Waals surface area contributed by atoms with E-state index in [1.54, 1.807) is 31.4 Å². The summed E-state index contributed by atoms with van der Waals surface area (Å²) in [7, 11) is 0.105. The zero-order chi connectivity index (χ0) is 19.2. The lowest BCUT2D eigenvalue weighted by Crippen LogP contribution is -2.35. The summed E-state index contributed by atoms with van der Waals surface area (Å²) in [4.78, 5) is 17.5. The summed E-state index contributed by atoms with van der Waals surface area (Å²) in [5.74, 6) is 1.04. The molecule has 2 atom stereocenters. The molecule has 0 saturated heterocycles. The van der Waals surface area contributed by atoms with Gasteiger partial charge in [0, 0.05) is 21.2 Å². The zero-order valence-corrected chi connectivity index (χ0v) is 16.5. The van der Waals surface area contributed by atoms with Crippen molar-refractivity contribution >= 4 is 28.0 Å². The van der Waals surface area contributed by atoms with Crippen molar-refractivity contribution in [1.82, 2.24) is 15.5 Å². The Bertz CT molecular complexity index is 924. The third-order valence-electron chi connectivity index (χ3n) is 3.84. The maximum atomic E-state index is 12.5. The van der Waals surface area contributed by atoms with Gasteiger partial charge in [0.2, 0.25) is 17.6 Å². The second-order valence-corrected chi connectivity index (χ2v) is 8.50. The highest BCUT2D eigenvalue weighted by molar-refractivity contribution is 7.85. The number of hydrogen-bond donors (Lipinski definition) is 1. The minimum atomic E-state index is -1.47. The number of nitrogens with zero attached hydrogens (tertiary/aromatic N) is 2. The van der Waals surface area contributed by atoms with E-state index >= 15 is 0 Å². The molecule has 2 heterocycles. The molecule has 1 aromatic carbocycles. The summed E-state index contributed by atoms with van der Waals surface area (Å²) >= 11 is 1.56. The van der Waals surface area contributed by atoms with Gasteiger partial charge in [-0.2, -0.15) is 4.98 Å². The van der Waals surface area contributed by atoms with Gasteiger partial charge in [-0.25, -0.2) is 0 Å². The molecule has 27 heavy (non-hydrogen) atoms. The first-order valence-corrected chi connectivity index (χ1v) is 10.5. The lowest BCUT2D eigenvalue weighted by Gasteiger charge is -2.10. The number of ether oxygens (including phenoxy) is 1.